The lowest BCUT2D eigenvalue weighted by molar-refractivity contribution is -0.274. The van der Waals surface area contributed by atoms with Crippen LogP contribution in [-0.2, 0) is 0 Å². The molecule has 1 heterocycles. The molecule has 0 unspecified atom stereocenters. The van der Waals surface area contributed by atoms with E-state index in [-0.39, 0.29) is 16.8 Å². The number of hydrogen-bond acceptors (Lipinski definition) is 4. The number of ketones is 1. The van der Waals surface area contributed by atoms with Gasteiger partial charge in [0.2, 0.25) is 0 Å². The summed E-state index contributed by atoms with van der Waals surface area (Å²) in [6.45, 7) is 0. The lowest BCUT2D eigenvalue weighted by Crippen LogP contribution is -2.20. The number of nitrogen functional groups attached to an aromatic ring is 1. The fourth-order valence-corrected chi connectivity index (χ4v) is 1.62. The summed E-state index contributed by atoms with van der Waals surface area (Å²) < 4.78 is 40.9. The standard InChI is InChI=1S/C13H9F3N2O2/c14-13(15,16)20-12-9(2-1-3-10(12)17)11(19)8-4-6-18-7-5-8/h1-7H,17H2. The molecule has 0 spiro atoms. The number of carbonyl (C=O) groups is 1. The molecule has 104 valence electrons. The predicted octanol–water partition coefficient (Wildman–Crippen LogP) is 2.79. The van der Waals surface area contributed by atoms with Gasteiger partial charge >= 0.3 is 6.36 Å². The van der Waals surface area contributed by atoms with Crippen LogP contribution in [0.3, 0.4) is 0 Å². The minimum atomic E-state index is -4.93. The second-order valence-corrected chi connectivity index (χ2v) is 3.84. The van der Waals surface area contributed by atoms with Crippen molar-refractivity contribution in [3.05, 3.63) is 53.9 Å². The highest BCUT2D eigenvalue weighted by molar-refractivity contribution is 6.11. The molecule has 2 N–H and O–H groups in total. The van der Waals surface area contributed by atoms with E-state index in [9.17, 15) is 18.0 Å². The van der Waals surface area contributed by atoms with Crippen molar-refractivity contribution in [1.29, 1.82) is 0 Å². The van der Waals surface area contributed by atoms with Crippen LogP contribution >= 0.6 is 0 Å². The fourth-order valence-electron chi connectivity index (χ4n) is 1.62. The number of anilines is 1. The summed E-state index contributed by atoms with van der Waals surface area (Å²) in [5.41, 5.74) is 5.13. The molecule has 7 heteroatoms. The van der Waals surface area contributed by atoms with Gasteiger partial charge in [0.05, 0.1) is 11.3 Å². The number of carbonyl (C=O) groups excluding carboxylic acids is 1. The number of nitrogens with zero attached hydrogens (tertiary/aromatic N) is 1. The van der Waals surface area contributed by atoms with Gasteiger partial charge in [-0.2, -0.15) is 0 Å². The van der Waals surface area contributed by atoms with Crippen LogP contribution in [0.5, 0.6) is 5.75 Å². The van der Waals surface area contributed by atoms with Crippen LogP contribution in [0.4, 0.5) is 18.9 Å². The largest absolute Gasteiger partial charge is 0.573 e. The smallest absolute Gasteiger partial charge is 0.403 e. The molecule has 0 bridgehead atoms. The van der Waals surface area contributed by atoms with E-state index < -0.39 is 17.9 Å². The van der Waals surface area contributed by atoms with Crippen LogP contribution in [0.15, 0.2) is 42.7 Å². The van der Waals surface area contributed by atoms with Crippen LogP contribution in [0.2, 0.25) is 0 Å². The monoisotopic (exact) mass is 282 g/mol. The maximum Gasteiger partial charge on any atom is 0.573 e. The fraction of sp³-hybridized carbons (Fsp3) is 0.0769. The number of hydrogen-bond donors (Lipinski definition) is 1. The predicted molar refractivity (Wildman–Crippen MR) is 65.2 cm³/mol. The number of aromatic nitrogens is 1. The zero-order valence-electron chi connectivity index (χ0n) is 10.0. The van der Waals surface area contributed by atoms with Gasteiger partial charge in [-0.1, -0.05) is 6.07 Å². The van der Waals surface area contributed by atoms with Crippen molar-refractivity contribution in [2.75, 3.05) is 5.73 Å². The lowest BCUT2D eigenvalue weighted by Gasteiger charge is -2.14. The maximum atomic E-state index is 12.4. The van der Waals surface area contributed by atoms with E-state index in [4.69, 9.17) is 5.73 Å². The molecule has 0 amide bonds. The van der Waals surface area contributed by atoms with E-state index in [1.54, 1.807) is 0 Å². The molecule has 2 rings (SSSR count). The zero-order valence-corrected chi connectivity index (χ0v) is 10.0. The van der Waals surface area contributed by atoms with Gasteiger partial charge in [0, 0.05) is 18.0 Å². The molecule has 1 aromatic heterocycles. The Morgan fingerprint density at radius 2 is 1.80 bits per heavy atom. The lowest BCUT2D eigenvalue weighted by atomic mass is 10.0. The SMILES string of the molecule is Nc1cccc(C(=O)c2ccncc2)c1OC(F)(F)F. The van der Waals surface area contributed by atoms with Crippen molar-refractivity contribution in [3.63, 3.8) is 0 Å². The highest BCUT2D eigenvalue weighted by atomic mass is 19.4. The molecule has 0 radical (unpaired) electrons. The van der Waals surface area contributed by atoms with Crippen LogP contribution in [0.25, 0.3) is 0 Å². The molecule has 0 aliphatic heterocycles. The van der Waals surface area contributed by atoms with Crippen molar-refractivity contribution in [3.8, 4) is 5.75 Å². The maximum absolute atomic E-state index is 12.4. The minimum absolute atomic E-state index is 0.192. The Kier molecular flexibility index (Phi) is 3.60. The highest BCUT2D eigenvalue weighted by Gasteiger charge is 2.34. The van der Waals surface area contributed by atoms with Gasteiger partial charge < -0.3 is 10.5 Å². The molecule has 0 atom stereocenters. The first kappa shape index (κ1) is 13.9. The molecule has 0 saturated carbocycles. The first-order valence-electron chi connectivity index (χ1n) is 5.47. The number of para-hydroxylation sites is 1. The van der Waals surface area contributed by atoms with Crippen molar-refractivity contribution in [2.24, 2.45) is 0 Å². The number of rotatable bonds is 3. The second-order valence-electron chi connectivity index (χ2n) is 3.84. The van der Waals surface area contributed by atoms with Crippen molar-refractivity contribution >= 4 is 11.5 Å². The third kappa shape index (κ3) is 3.05. The Labute approximate surface area is 112 Å². The van der Waals surface area contributed by atoms with E-state index in [1.807, 2.05) is 0 Å². The van der Waals surface area contributed by atoms with E-state index >= 15 is 0 Å². The van der Waals surface area contributed by atoms with Gasteiger partial charge in [0.15, 0.2) is 11.5 Å². The van der Waals surface area contributed by atoms with Gasteiger partial charge in [-0.05, 0) is 24.3 Å². The van der Waals surface area contributed by atoms with Crippen molar-refractivity contribution < 1.29 is 22.7 Å². The molecule has 0 aliphatic carbocycles. The first-order valence-corrected chi connectivity index (χ1v) is 5.47. The molecule has 4 nitrogen and oxygen atoms in total. The molecule has 0 saturated heterocycles. The third-order valence-corrected chi connectivity index (χ3v) is 2.45. The Balaban J connectivity index is 2.47. The number of nitrogens with two attached hydrogens (primary N) is 1. The molecular formula is C13H9F3N2O2. The van der Waals surface area contributed by atoms with Crippen LogP contribution in [0, 0.1) is 0 Å². The summed E-state index contributed by atoms with van der Waals surface area (Å²) in [6, 6.07) is 6.61. The Bertz CT molecular complexity index is 627. The number of alkyl halides is 3. The molecule has 0 fully saturated rings. The van der Waals surface area contributed by atoms with E-state index in [1.165, 1.54) is 42.7 Å². The van der Waals surface area contributed by atoms with Crippen molar-refractivity contribution in [2.45, 2.75) is 6.36 Å². The van der Waals surface area contributed by atoms with E-state index in [2.05, 4.69) is 9.72 Å². The summed E-state index contributed by atoms with van der Waals surface area (Å²) >= 11 is 0. The first-order chi connectivity index (χ1) is 9.38. The number of pyridine rings is 1. The topological polar surface area (TPSA) is 65.2 Å². The Morgan fingerprint density at radius 3 is 2.40 bits per heavy atom. The summed E-state index contributed by atoms with van der Waals surface area (Å²) in [5.74, 6) is -1.32. The normalized spacial score (nSPS) is 11.2. The molecule has 20 heavy (non-hydrogen) atoms. The summed E-state index contributed by atoms with van der Waals surface area (Å²) in [5, 5.41) is 0. The van der Waals surface area contributed by atoms with Crippen molar-refractivity contribution in [1.82, 2.24) is 4.98 Å². The van der Waals surface area contributed by atoms with Gasteiger partial charge in [-0.25, -0.2) is 0 Å². The quantitative estimate of drug-likeness (QED) is 0.694. The van der Waals surface area contributed by atoms with Crippen LogP contribution in [0.1, 0.15) is 15.9 Å². The third-order valence-electron chi connectivity index (χ3n) is 2.45. The highest BCUT2D eigenvalue weighted by Crippen LogP contribution is 2.33. The van der Waals surface area contributed by atoms with Gasteiger partial charge in [-0.3, -0.25) is 9.78 Å². The summed E-state index contributed by atoms with van der Waals surface area (Å²) in [6.07, 6.45) is -2.20. The average molecular weight is 282 g/mol. The van der Waals surface area contributed by atoms with Gasteiger partial charge in [0.25, 0.3) is 0 Å². The number of benzene rings is 1. The van der Waals surface area contributed by atoms with Gasteiger partial charge in [0.1, 0.15) is 0 Å². The average Bonchev–Trinajstić information content (AvgIpc) is 2.40. The molecule has 0 aliphatic rings. The van der Waals surface area contributed by atoms with E-state index in [0.717, 1.165) is 0 Å². The Hall–Kier alpha value is -2.57. The Morgan fingerprint density at radius 1 is 1.15 bits per heavy atom. The zero-order chi connectivity index (χ0) is 14.8. The second kappa shape index (κ2) is 5.20. The summed E-state index contributed by atoms with van der Waals surface area (Å²) in [7, 11) is 0. The molecule has 1 aromatic carbocycles. The van der Waals surface area contributed by atoms with E-state index in [0.29, 0.717) is 0 Å². The molecule has 2 aromatic rings. The van der Waals surface area contributed by atoms with Crippen LogP contribution in [-0.4, -0.2) is 17.1 Å². The van der Waals surface area contributed by atoms with Crippen LogP contribution < -0.4 is 10.5 Å². The summed E-state index contributed by atoms with van der Waals surface area (Å²) in [4.78, 5) is 15.9. The molecular weight excluding hydrogens is 273 g/mol. The number of halogens is 3. The minimum Gasteiger partial charge on any atom is -0.403 e. The number of ether oxygens (including phenoxy) is 1. The van der Waals surface area contributed by atoms with Gasteiger partial charge in [-0.15, -0.1) is 13.2 Å².